The molecule has 0 aromatic heterocycles. The Bertz CT molecular complexity index is 37.8. The molecular formula is C5H16FP. The van der Waals surface area contributed by atoms with Crippen LogP contribution in [0.15, 0.2) is 0 Å². The number of rotatable bonds is 1. The van der Waals surface area contributed by atoms with Crippen molar-refractivity contribution in [2.45, 2.75) is 6.92 Å². The second kappa shape index (κ2) is 3.37. The van der Waals surface area contributed by atoms with Gasteiger partial charge < -0.3 is 0 Å². The van der Waals surface area contributed by atoms with E-state index in [1.165, 1.54) is 6.16 Å². The van der Waals surface area contributed by atoms with E-state index < -0.39 is 7.26 Å². The Morgan fingerprint density at radius 3 is 1.29 bits per heavy atom. The molecule has 0 aromatic carbocycles. The van der Waals surface area contributed by atoms with Crippen LogP contribution < -0.4 is 0 Å². The van der Waals surface area contributed by atoms with Crippen LogP contribution in [0.3, 0.4) is 0 Å². The summed E-state index contributed by atoms with van der Waals surface area (Å²) in [7, 11) is -0.631. The molecular weight excluding hydrogens is 110 g/mol. The fourth-order valence-corrected chi connectivity index (χ4v) is 0. The van der Waals surface area contributed by atoms with Gasteiger partial charge in [0.15, 0.2) is 0 Å². The third-order valence-electron chi connectivity index (χ3n) is 1.06. The van der Waals surface area contributed by atoms with E-state index in [0.717, 1.165) is 0 Å². The minimum Gasteiger partial charge on any atom is -0.269 e. The summed E-state index contributed by atoms with van der Waals surface area (Å²) in [6, 6.07) is 0. The monoisotopic (exact) mass is 126 g/mol. The van der Waals surface area contributed by atoms with Crippen molar-refractivity contribution < 1.29 is 4.70 Å². The molecule has 0 nitrogen and oxygen atoms in total. The maximum Gasteiger partial charge on any atom is -0.269 e. The van der Waals surface area contributed by atoms with Crippen LogP contribution in [0.2, 0.25) is 0 Å². The number of hydrogen-bond donors (Lipinski definition) is 0. The Balaban J connectivity index is 0. The van der Waals surface area contributed by atoms with E-state index >= 15 is 0 Å². The summed E-state index contributed by atoms with van der Waals surface area (Å²) < 4.78 is 0. The van der Waals surface area contributed by atoms with Gasteiger partial charge >= 0.3 is 40.3 Å². The van der Waals surface area contributed by atoms with E-state index in [2.05, 4.69) is 26.9 Å². The molecule has 0 amide bonds. The van der Waals surface area contributed by atoms with Gasteiger partial charge in [-0.2, -0.15) is 0 Å². The van der Waals surface area contributed by atoms with Crippen molar-refractivity contribution in [3.05, 3.63) is 0 Å². The molecule has 0 radical (unpaired) electrons. The summed E-state index contributed by atoms with van der Waals surface area (Å²) >= 11 is 0. The zero-order valence-electron chi connectivity index (χ0n) is 5.62. The molecule has 0 spiro atoms. The van der Waals surface area contributed by atoms with Gasteiger partial charge in [-0.05, 0) is 0 Å². The smallest absolute Gasteiger partial charge is 0.269 e. The molecule has 0 saturated carbocycles. The van der Waals surface area contributed by atoms with E-state index in [-0.39, 0.29) is 4.70 Å². The molecule has 0 bridgehead atoms. The average Bonchev–Trinajstić information content (AvgIpc) is 1.35. The average molecular weight is 126 g/mol. The topological polar surface area (TPSA) is 0 Å². The van der Waals surface area contributed by atoms with Crippen LogP contribution in [0.5, 0.6) is 0 Å². The molecule has 0 aliphatic rings. The quantitative estimate of drug-likeness (QED) is 0.470. The Kier molecular flexibility index (Phi) is 4.99. The molecule has 0 rings (SSSR count). The van der Waals surface area contributed by atoms with Gasteiger partial charge in [0.05, 0.1) is 0 Å². The van der Waals surface area contributed by atoms with Gasteiger partial charge in [-0.15, -0.1) is 0 Å². The van der Waals surface area contributed by atoms with Crippen LogP contribution in [0.1, 0.15) is 6.92 Å². The Morgan fingerprint density at radius 1 is 1.14 bits per heavy atom. The zero-order valence-corrected chi connectivity index (χ0v) is 6.62. The predicted molar refractivity (Wildman–Crippen MR) is 39.1 cm³/mol. The van der Waals surface area contributed by atoms with Crippen molar-refractivity contribution in [1.29, 1.82) is 0 Å². The first-order valence-corrected chi connectivity index (χ1v) is 6.27. The summed E-state index contributed by atoms with van der Waals surface area (Å²) in [6.07, 6.45) is 1.41. The number of halogens is 1. The summed E-state index contributed by atoms with van der Waals surface area (Å²) in [5.74, 6) is 0. The van der Waals surface area contributed by atoms with Crippen molar-refractivity contribution in [1.82, 2.24) is 0 Å². The van der Waals surface area contributed by atoms with E-state index in [1.54, 1.807) is 0 Å². The molecule has 7 heavy (non-hydrogen) atoms. The summed E-state index contributed by atoms with van der Waals surface area (Å²) in [6.45, 7) is 9.42. The van der Waals surface area contributed by atoms with E-state index in [1.807, 2.05) is 0 Å². The molecule has 0 aromatic rings. The van der Waals surface area contributed by atoms with Gasteiger partial charge in [0.25, 0.3) is 0 Å². The number of hydrogen-bond acceptors (Lipinski definition) is 0. The summed E-state index contributed by atoms with van der Waals surface area (Å²) in [4.78, 5) is 0. The molecule has 0 N–H and O–H groups in total. The van der Waals surface area contributed by atoms with Crippen molar-refractivity contribution in [2.24, 2.45) is 0 Å². The third kappa shape index (κ3) is 10.7. The molecule has 0 fully saturated rings. The maximum absolute atomic E-state index is 2.38. The Hall–Kier alpha value is 0.360. The largest absolute Gasteiger partial charge is 0.269 e. The molecule has 0 unspecified atom stereocenters. The molecule has 0 heterocycles. The molecule has 2 heteroatoms. The van der Waals surface area contributed by atoms with Gasteiger partial charge in [-0.1, -0.05) is 0 Å². The Morgan fingerprint density at radius 2 is 1.29 bits per heavy atom. The van der Waals surface area contributed by atoms with Gasteiger partial charge in [0.1, 0.15) is 0 Å². The van der Waals surface area contributed by atoms with Crippen LogP contribution in [0.25, 0.3) is 0 Å². The van der Waals surface area contributed by atoms with E-state index in [9.17, 15) is 0 Å². The summed E-state index contributed by atoms with van der Waals surface area (Å²) in [5, 5.41) is 0. The van der Waals surface area contributed by atoms with Crippen molar-refractivity contribution in [3.8, 4) is 0 Å². The van der Waals surface area contributed by atoms with E-state index in [0.29, 0.717) is 0 Å². The minimum absolute atomic E-state index is 0. The van der Waals surface area contributed by atoms with Gasteiger partial charge in [0.2, 0.25) is 0 Å². The molecule has 0 aliphatic heterocycles. The first-order chi connectivity index (χ1) is 2.56. The van der Waals surface area contributed by atoms with Gasteiger partial charge in [-0.25, -0.2) is 0 Å². The first-order valence-electron chi connectivity index (χ1n) is 2.56. The second-order valence-electron chi connectivity index (χ2n) is 2.91. The van der Waals surface area contributed by atoms with Crippen molar-refractivity contribution >= 4 is 7.26 Å². The normalized spacial score (nSPS) is 12.6. The van der Waals surface area contributed by atoms with Crippen molar-refractivity contribution in [2.75, 3.05) is 26.2 Å². The fourth-order valence-electron chi connectivity index (χ4n) is 0. The molecule has 0 atom stereocenters. The SMILES string of the molecule is CC[PH](C)(C)C.F. The van der Waals surface area contributed by atoms with Crippen LogP contribution >= 0.6 is 7.26 Å². The van der Waals surface area contributed by atoms with Crippen molar-refractivity contribution in [3.63, 3.8) is 0 Å². The maximum atomic E-state index is 2.38. The predicted octanol–water partition coefficient (Wildman–Crippen LogP) is 1.80. The van der Waals surface area contributed by atoms with Crippen LogP contribution in [-0.4, -0.2) is 26.2 Å². The standard InChI is InChI=1S/C5H15P.FH/c1-5-6(2,3)4;/h6H,5H2,1-4H3;1H. The minimum atomic E-state index is -0.631. The third-order valence-corrected chi connectivity index (χ3v) is 3.18. The Labute approximate surface area is 46.0 Å². The molecule has 48 valence electrons. The van der Waals surface area contributed by atoms with Crippen LogP contribution in [-0.2, 0) is 0 Å². The molecule has 0 aliphatic carbocycles. The van der Waals surface area contributed by atoms with Crippen LogP contribution in [0, 0.1) is 0 Å². The first kappa shape index (κ1) is 10.4. The van der Waals surface area contributed by atoms with Gasteiger partial charge in [-0.3, -0.25) is 4.70 Å². The fraction of sp³-hybridized carbons (Fsp3) is 1.00. The van der Waals surface area contributed by atoms with Crippen LogP contribution in [0.4, 0.5) is 4.70 Å². The second-order valence-corrected chi connectivity index (χ2v) is 8.74. The molecule has 0 saturated heterocycles. The van der Waals surface area contributed by atoms with Gasteiger partial charge in [0, 0.05) is 0 Å². The summed E-state index contributed by atoms with van der Waals surface area (Å²) in [5.41, 5.74) is 0. The van der Waals surface area contributed by atoms with E-state index in [4.69, 9.17) is 0 Å². The zero-order chi connectivity index (χ0) is 5.21.